The van der Waals surface area contributed by atoms with Crippen LogP contribution in [0, 0.1) is 12.8 Å². The second-order valence-corrected chi connectivity index (χ2v) is 8.20. The molecule has 1 aromatic rings. The molecule has 0 bridgehead atoms. The molecule has 4 heterocycles. The Hall–Kier alpha value is -1.89. The van der Waals surface area contributed by atoms with E-state index in [4.69, 9.17) is 9.26 Å². The summed E-state index contributed by atoms with van der Waals surface area (Å²) in [5.74, 6) is 0.805. The highest BCUT2D eigenvalue weighted by Gasteiger charge is 2.39. The van der Waals surface area contributed by atoms with Gasteiger partial charge in [0.15, 0.2) is 5.69 Å². The van der Waals surface area contributed by atoms with E-state index in [9.17, 15) is 9.59 Å². The summed E-state index contributed by atoms with van der Waals surface area (Å²) in [7, 11) is 0. The quantitative estimate of drug-likeness (QED) is 0.793. The van der Waals surface area contributed by atoms with Crippen LogP contribution in [0.2, 0.25) is 0 Å². The summed E-state index contributed by atoms with van der Waals surface area (Å²) < 4.78 is 11.1. The lowest BCUT2D eigenvalue weighted by Crippen LogP contribution is -2.51. The van der Waals surface area contributed by atoms with Gasteiger partial charge in [-0.05, 0) is 51.9 Å². The SMILES string of the molecule is Cc1cc(C(=O)N2CCC(C(=O)N3CCC4(CCCCO4)CC3)CC2)no1. The van der Waals surface area contributed by atoms with Crippen LogP contribution in [0.15, 0.2) is 10.6 Å². The van der Waals surface area contributed by atoms with Gasteiger partial charge in [-0.2, -0.15) is 0 Å². The van der Waals surface area contributed by atoms with Crippen LogP contribution in [0.3, 0.4) is 0 Å². The molecule has 0 aliphatic carbocycles. The highest BCUT2D eigenvalue weighted by atomic mass is 16.5. The smallest absolute Gasteiger partial charge is 0.276 e. The maximum atomic E-state index is 12.9. The Morgan fingerprint density at radius 1 is 1.07 bits per heavy atom. The lowest BCUT2D eigenvalue weighted by atomic mass is 9.84. The molecular weight excluding hydrogens is 346 g/mol. The fourth-order valence-corrected chi connectivity index (χ4v) is 4.66. The maximum absolute atomic E-state index is 12.9. The summed E-state index contributed by atoms with van der Waals surface area (Å²) >= 11 is 0. The Labute approximate surface area is 160 Å². The van der Waals surface area contributed by atoms with Crippen molar-refractivity contribution in [2.24, 2.45) is 5.92 Å². The van der Waals surface area contributed by atoms with E-state index in [-0.39, 0.29) is 23.3 Å². The summed E-state index contributed by atoms with van der Waals surface area (Å²) in [6.07, 6.45) is 6.90. The molecule has 3 aliphatic rings. The number of carbonyl (C=O) groups excluding carboxylic acids is 2. The number of amides is 2. The van der Waals surface area contributed by atoms with Crippen molar-refractivity contribution in [1.82, 2.24) is 15.0 Å². The van der Waals surface area contributed by atoms with Gasteiger partial charge in [0.25, 0.3) is 5.91 Å². The van der Waals surface area contributed by atoms with Crippen molar-refractivity contribution in [3.8, 4) is 0 Å². The van der Waals surface area contributed by atoms with Crippen LogP contribution in [0.4, 0.5) is 0 Å². The van der Waals surface area contributed by atoms with Crippen LogP contribution in [0.25, 0.3) is 0 Å². The minimum Gasteiger partial charge on any atom is -0.375 e. The topological polar surface area (TPSA) is 75.9 Å². The first-order valence-electron chi connectivity index (χ1n) is 10.2. The molecule has 0 radical (unpaired) electrons. The van der Waals surface area contributed by atoms with Gasteiger partial charge in [-0.3, -0.25) is 9.59 Å². The number of hydrogen-bond donors (Lipinski definition) is 0. The Balaban J connectivity index is 1.27. The van der Waals surface area contributed by atoms with Gasteiger partial charge in [-0.15, -0.1) is 0 Å². The van der Waals surface area contributed by atoms with Crippen molar-refractivity contribution in [3.63, 3.8) is 0 Å². The molecule has 3 fully saturated rings. The number of rotatable bonds is 2. The van der Waals surface area contributed by atoms with Crippen molar-refractivity contribution in [2.45, 2.75) is 57.5 Å². The Bertz CT molecular complexity index is 677. The van der Waals surface area contributed by atoms with Crippen LogP contribution in [-0.2, 0) is 9.53 Å². The lowest BCUT2D eigenvalue weighted by Gasteiger charge is -2.45. The summed E-state index contributed by atoms with van der Waals surface area (Å²) in [6.45, 7) is 5.44. The van der Waals surface area contributed by atoms with Crippen molar-refractivity contribution in [1.29, 1.82) is 0 Å². The largest absolute Gasteiger partial charge is 0.375 e. The van der Waals surface area contributed by atoms with Crippen LogP contribution in [-0.4, -0.2) is 65.2 Å². The normalized spacial score (nSPS) is 23.6. The molecule has 0 atom stereocenters. The fourth-order valence-electron chi connectivity index (χ4n) is 4.66. The van der Waals surface area contributed by atoms with Crippen molar-refractivity contribution < 1.29 is 18.8 Å². The summed E-state index contributed by atoms with van der Waals surface area (Å²) in [5.41, 5.74) is 0.381. The maximum Gasteiger partial charge on any atom is 0.276 e. The average Bonchev–Trinajstić information content (AvgIpc) is 3.15. The molecule has 7 heteroatoms. The minimum atomic E-state index is -0.105. The fraction of sp³-hybridized carbons (Fsp3) is 0.750. The van der Waals surface area contributed by atoms with Crippen molar-refractivity contribution in [2.75, 3.05) is 32.8 Å². The molecule has 3 saturated heterocycles. The van der Waals surface area contributed by atoms with Gasteiger partial charge in [0.05, 0.1) is 5.60 Å². The average molecular weight is 375 g/mol. The van der Waals surface area contributed by atoms with E-state index in [1.807, 2.05) is 4.90 Å². The van der Waals surface area contributed by atoms with Gasteiger partial charge in [-0.1, -0.05) is 5.16 Å². The Morgan fingerprint density at radius 3 is 2.41 bits per heavy atom. The third-order valence-electron chi connectivity index (χ3n) is 6.40. The van der Waals surface area contributed by atoms with Gasteiger partial charge in [-0.25, -0.2) is 0 Å². The number of aromatic nitrogens is 1. The monoisotopic (exact) mass is 375 g/mol. The molecule has 3 aliphatic heterocycles. The molecular formula is C20H29N3O4. The van der Waals surface area contributed by atoms with Gasteiger partial charge in [0.2, 0.25) is 5.91 Å². The number of aryl methyl sites for hydroxylation is 1. The number of carbonyl (C=O) groups is 2. The summed E-state index contributed by atoms with van der Waals surface area (Å²) in [4.78, 5) is 29.2. The van der Waals surface area contributed by atoms with E-state index in [1.54, 1.807) is 17.9 Å². The van der Waals surface area contributed by atoms with E-state index in [2.05, 4.69) is 5.16 Å². The third-order valence-corrected chi connectivity index (χ3v) is 6.40. The molecule has 148 valence electrons. The van der Waals surface area contributed by atoms with Crippen LogP contribution < -0.4 is 0 Å². The van der Waals surface area contributed by atoms with E-state index >= 15 is 0 Å². The van der Waals surface area contributed by atoms with Crippen molar-refractivity contribution >= 4 is 11.8 Å². The number of hydrogen-bond acceptors (Lipinski definition) is 5. The Morgan fingerprint density at radius 2 is 1.81 bits per heavy atom. The van der Waals surface area contributed by atoms with Crippen LogP contribution in [0.5, 0.6) is 0 Å². The summed E-state index contributed by atoms with van der Waals surface area (Å²) in [6, 6.07) is 1.66. The predicted octanol–water partition coefficient (Wildman–Crippen LogP) is 2.40. The van der Waals surface area contributed by atoms with E-state index in [0.29, 0.717) is 24.5 Å². The number of piperidine rings is 2. The highest BCUT2D eigenvalue weighted by Crippen LogP contribution is 2.35. The first kappa shape index (κ1) is 18.5. The molecule has 0 unspecified atom stereocenters. The number of likely N-dealkylation sites (tertiary alicyclic amines) is 2. The first-order chi connectivity index (χ1) is 13.1. The van der Waals surface area contributed by atoms with Crippen LogP contribution >= 0.6 is 0 Å². The standard InChI is InChI=1S/C20H29N3O4/c1-15-14-17(21-27-15)19(25)22-9-4-16(5-10-22)18(24)23-11-7-20(8-12-23)6-2-3-13-26-20/h14,16H,2-13H2,1H3. The molecule has 1 aromatic heterocycles. The van der Waals surface area contributed by atoms with Crippen LogP contribution in [0.1, 0.15) is 61.2 Å². The van der Waals surface area contributed by atoms with Gasteiger partial charge in [0.1, 0.15) is 5.76 Å². The predicted molar refractivity (Wildman–Crippen MR) is 98.2 cm³/mol. The molecule has 4 rings (SSSR count). The second kappa shape index (κ2) is 7.62. The Kier molecular flexibility index (Phi) is 5.21. The van der Waals surface area contributed by atoms with Gasteiger partial charge >= 0.3 is 0 Å². The van der Waals surface area contributed by atoms with E-state index in [1.165, 1.54) is 6.42 Å². The first-order valence-corrected chi connectivity index (χ1v) is 10.2. The molecule has 0 N–H and O–H groups in total. The van der Waals surface area contributed by atoms with E-state index in [0.717, 1.165) is 58.2 Å². The zero-order valence-corrected chi connectivity index (χ0v) is 16.1. The molecule has 0 saturated carbocycles. The number of nitrogens with zero attached hydrogens (tertiary/aromatic N) is 3. The molecule has 2 amide bonds. The van der Waals surface area contributed by atoms with Gasteiger partial charge < -0.3 is 19.1 Å². The highest BCUT2D eigenvalue weighted by molar-refractivity contribution is 5.92. The zero-order chi connectivity index (χ0) is 18.9. The van der Waals surface area contributed by atoms with Crippen molar-refractivity contribution in [3.05, 3.63) is 17.5 Å². The molecule has 1 spiro atoms. The molecule has 7 nitrogen and oxygen atoms in total. The lowest BCUT2D eigenvalue weighted by molar-refractivity contribution is -0.147. The van der Waals surface area contributed by atoms with Gasteiger partial charge in [0, 0.05) is 44.8 Å². The number of ether oxygens (including phenoxy) is 1. The van der Waals surface area contributed by atoms with E-state index < -0.39 is 0 Å². The molecule has 0 aromatic carbocycles. The molecule has 27 heavy (non-hydrogen) atoms. The second-order valence-electron chi connectivity index (χ2n) is 8.20. The summed E-state index contributed by atoms with van der Waals surface area (Å²) in [5, 5.41) is 3.81. The third kappa shape index (κ3) is 3.88. The minimum absolute atomic E-state index is 0.0226. The zero-order valence-electron chi connectivity index (χ0n) is 16.1.